The largest absolute Gasteiger partial charge is 0.409 e. The average Bonchev–Trinajstić information content (AvgIpc) is 2.44. The van der Waals surface area contributed by atoms with E-state index in [0.717, 1.165) is 11.5 Å². The van der Waals surface area contributed by atoms with E-state index >= 15 is 0 Å². The average molecular weight is 279 g/mol. The van der Waals surface area contributed by atoms with Crippen molar-refractivity contribution in [3.8, 4) is 0 Å². The second-order valence-corrected chi connectivity index (χ2v) is 5.68. The van der Waals surface area contributed by atoms with Gasteiger partial charge in [0.1, 0.15) is 5.82 Å². The molecule has 0 spiro atoms. The summed E-state index contributed by atoms with van der Waals surface area (Å²) >= 11 is 0. The molecule has 5 heteroatoms. The molecule has 1 aromatic carbocycles. The van der Waals surface area contributed by atoms with E-state index in [2.05, 4.69) is 17.4 Å². The van der Waals surface area contributed by atoms with Crippen molar-refractivity contribution in [2.75, 3.05) is 0 Å². The van der Waals surface area contributed by atoms with Crippen LogP contribution in [-0.2, 0) is 6.54 Å². The minimum Gasteiger partial charge on any atom is -0.409 e. The standard InChI is InChI=1S/C15H22FN3O/c1-10-3-2-4-14(5-10)18-9-11-6-12(15(17)19-20)8-13(16)7-11/h6-8,10,14,18,20H,2-5,9H2,1H3,(H2,17,19). The van der Waals surface area contributed by atoms with Crippen molar-refractivity contribution in [3.63, 3.8) is 0 Å². The number of halogens is 1. The number of hydrogen-bond donors (Lipinski definition) is 3. The summed E-state index contributed by atoms with van der Waals surface area (Å²) in [5.41, 5.74) is 6.72. The SMILES string of the molecule is CC1CCCC(NCc2cc(F)cc(/C(N)=N/O)c2)C1. The van der Waals surface area contributed by atoms with Gasteiger partial charge in [-0.3, -0.25) is 0 Å². The Morgan fingerprint density at radius 3 is 2.95 bits per heavy atom. The molecule has 1 fully saturated rings. The summed E-state index contributed by atoms with van der Waals surface area (Å²) in [4.78, 5) is 0. The van der Waals surface area contributed by atoms with Crippen molar-refractivity contribution >= 4 is 5.84 Å². The lowest BCUT2D eigenvalue weighted by atomic mass is 9.87. The first-order valence-corrected chi connectivity index (χ1v) is 7.09. The van der Waals surface area contributed by atoms with Crippen LogP contribution in [0.5, 0.6) is 0 Å². The summed E-state index contributed by atoms with van der Waals surface area (Å²) in [5.74, 6) is 0.307. The third-order valence-corrected chi connectivity index (χ3v) is 3.89. The van der Waals surface area contributed by atoms with E-state index in [1.165, 1.54) is 37.8 Å². The van der Waals surface area contributed by atoms with Crippen LogP contribution in [0.3, 0.4) is 0 Å². The minimum atomic E-state index is -0.372. The topological polar surface area (TPSA) is 70.6 Å². The van der Waals surface area contributed by atoms with E-state index in [4.69, 9.17) is 10.9 Å². The molecule has 0 saturated heterocycles. The number of nitrogens with two attached hydrogens (primary N) is 1. The van der Waals surface area contributed by atoms with Crippen LogP contribution in [0.4, 0.5) is 4.39 Å². The fourth-order valence-corrected chi connectivity index (χ4v) is 2.84. The van der Waals surface area contributed by atoms with Crippen molar-refractivity contribution < 1.29 is 9.60 Å². The molecule has 1 aliphatic carbocycles. The zero-order valence-electron chi connectivity index (χ0n) is 11.8. The van der Waals surface area contributed by atoms with Gasteiger partial charge in [0.15, 0.2) is 5.84 Å². The van der Waals surface area contributed by atoms with Gasteiger partial charge < -0.3 is 16.3 Å². The van der Waals surface area contributed by atoms with Crippen LogP contribution in [0.15, 0.2) is 23.4 Å². The van der Waals surface area contributed by atoms with Gasteiger partial charge in [-0.1, -0.05) is 24.9 Å². The number of hydrogen-bond acceptors (Lipinski definition) is 3. The highest BCUT2D eigenvalue weighted by Crippen LogP contribution is 2.23. The zero-order valence-corrected chi connectivity index (χ0v) is 11.8. The van der Waals surface area contributed by atoms with Crippen LogP contribution in [-0.4, -0.2) is 17.1 Å². The third kappa shape index (κ3) is 3.93. The van der Waals surface area contributed by atoms with Crippen molar-refractivity contribution in [1.82, 2.24) is 5.32 Å². The molecular weight excluding hydrogens is 257 g/mol. The fourth-order valence-electron chi connectivity index (χ4n) is 2.84. The zero-order chi connectivity index (χ0) is 14.5. The van der Waals surface area contributed by atoms with Gasteiger partial charge in [0.05, 0.1) is 0 Å². The molecule has 0 radical (unpaired) electrons. The van der Waals surface area contributed by atoms with Crippen LogP contribution in [0, 0.1) is 11.7 Å². The van der Waals surface area contributed by atoms with E-state index in [9.17, 15) is 4.39 Å². The quantitative estimate of drug-likeness (QED) is 0.343. The highest BCUT2D eigenvalue weighted by Gasteiger charge is 2.18. The Balaban J connectivity index is 2.00. The number of nitrogens with zero attached hydrogens (tertiary/aromatic N) is 1. The van der Waals surface area contributed by atoms with Gasteiger partial charge in [0, 0.05) is 18.2 Å². The molecule has 0 amide bonds. The first kappa shape index (κ1) is 14.8. The molecule has 1 aromatic rings. The van der Waals surface area contributed by atoms with Gasteiger partial charge in [0.2, 0.25) is 0 Å². The lowest BCUT2D eigenvalue weighted by molar-refractivity contribution is 0.300. The summed E-state index contributed by atoms with van der Waals surface area (Å²) in [6.07, 6.45) is 4.89. The Labute approximate surface area is 118 Å². The second-order valence-electron chi connectivity index (χ2n) is 5.68. The molecule has 1 saturated carbocycles. The lowest BCUT2D eigenvalue weighted by Crippen LogP contribution is -2.33. The number of amidine groups is 1. The van der Waals surface area contributed by atoms with E-state index in [1.807, 2.05) is 0 Å². The van der Waals surface area contributed by atoms with Crippen LogP contribution in [0.2, 0.25) is 0 Å². The molecule has 0 heterocycles. The Morgan fingerprint density at radius 1 is 1.45 bits per heavy atom. The molecule has 0 aromatic heterocycles. The van der Waals surface area contributed by atoms with Crippen molar-refractivity contribution in [3.05, 3.63) is 35.1 Å². The van der Waals surface area contributed by atoms with E-state index in [0.29, 0.717) is 18.2 Å². The Kier molecular flexibility index (Phi) is 4.95. The van der Waals surface area contributed by atoms with Gasteiger partial charge in [-0.25, -0.2) is 4.39 Å². The second kappa shape index (κ2) is 6.70. The molecule has 2 unspecified atom stereocenters. The third-order valence-electron chi connectivity index (χ3n) is 3.89. The van der Waals surface area contributed by atoms with Crippen LogP contribution in [0.25, 0.3) is 0 Å². The summed E-state index contributed by atoms with van der Waals surface area (Å²) in [7, 11) is 0. The Hall–Kier alpha value is -1.62. The minimum absolute atomic E-state index is 0.0722. The van der Waals surface area contributed by atoms with E-state index in [-0.39, 0.29) is 11.7 Å². The molecule has 4 nitrogen and oxygen atoms in total. The van der Waals surface area contributed by atoms with Gasteiger partial charge in [-0.05, 0) is 42.5 Å². The number of nitrogens with one attached hydrogen (secondary N) is 1. The Bertz CT molecular complexity index is 490. The summed E-state index contributed by atoms with van der Waals surface area (Å²) in [6, 6.07) is 4.99. The smallest absolute Gasteiger partial charge is 0.170 e. The number of benzene rings is 1. The highest BCUT2D eigenvalue weighted by atomic mass is 19.1. The predicted octanol–water partition coefficient (Wildman–Crippen LogP) is 2.59. The predicted molar refractivity (Wildman–Crippen MR) is 77.2 cm³/mol. The van der Waals surface area contributed by atoms with Gasteiger partial charge in [-0.15, -0.1) is 0 Å². The first-order chi connectivity index (χ1) is 9.58. The van der Waals surface area contributed by atoms with Gasteiger partial charge in [-0.2, -0.15) is 0 Å². The molecule has 1 aliphatic rings. The highest BCUT2D eigenvalue weighted by molar-refractivity contribution is 5.97. The van der Waals surface area contributed by atoms with Crippen LogP contribution in [0.1, 0.15) is 43.7 Å². The molecule has 110 valence electrons. The Morgan fingerprint density at radius 2 is 2.25 bits per heavy atom. The van der Waals surface area contributed by atoms with Crippen LogP contribution >= 0.6 is 0 Å². The maximum absolute atomic E-state index is 13.5. The van der Waals surface area contributed by atoms with Crippen molar-refractivity contribution in [2.45, 2.75) is 45.2 Å². The summed E-state index contributed by atoms with van der Waals surface area (Å²) in [5, 5.41) is 15.0. The lowest BCUT2D eigenvalue weighted by Gasteiger charge is -2.27. The maximum Gasteiger partial charge on any atom is 0.170 e. The van der Waals surface area contributed by atoms with Crippen molar-refractivity contribution in [1.29, 1.82) is 0 Å². The molecule has 4 N–H and O–H groups in total. The number of oxime groups is 1. The normalized spacial score (nSPS) is 23.8. The molecule has 2 rings (SSSR count). The van der Waals surface area contributed by atoms with Gasteiger partial charge >= 0.3 is 0 Å². The fraction of sp³-hybridized carbons (Fsp3) is 0.533. The van der Waals surface area contributed by atoms with E-state index in [1.54, 1.807) is 6.07 Å². The molecule has 0 bridgehead atoms. The van der Waals surface area contributed by atoms with E-state index < -0.39 is 0 Å². The maximum atomic E-state index is 13.5. The molecular formula is C15H22FN3O. The molecule has 0 aliphatic heterocycles. The van der Waals surface area contributed by atoms with Gasteiger partial charge in [0.25, 0.3) is 0 Å². The molecule has 20 heavy (non-hydrogen) atoms. The number of rotatable bonds is 4. The van der Waals surface area contributed by atoms with Crippen LogP contribution < -0.4 is 11.1 Å². The monoisotopic (exact) mass is 279 g/mol. The van der Waals surface area contributed by atoms with Crippen molar-refractivity contribution in [2.24, 2.45) is 16.8 Å². The summed E-state index contributed by atoms with van der Waals surface area (Å²) < 4.78 is 13.5. The summed E-state index contributed by atoms with van der Waals surface area (Å²) in [6.45, 7) is 2.87. The molecule has 2 atom stereocenters. The first-order valence-electron chi connectivity index (χ1n) is 7.09.